The molecule has 0 atom stereocenters. The van der Waals surface area contributed by atoms with Crippen molar-refractivity contribution in [2.45, 2.75) is 39.3 Å². The number of rotatable bonds is 2. The van der Waals surface area contributed by atoms with E-state index in [1.165, 1.54) is 10.4 Å². The molecule has 0 aliphatic carbocycles. The molecule has 0 saturated carbocycles. The normalized spacial score (nSPS) is 13.0. The second kappa shape index (κ2) is 3.67. The van der Waals surface area contributed by atoms with Gasteiger partial charge in [0.05, 0.1) is 16.1 Å². The van der Waals surface area contributed by atoms with Crippen LogP contribution in [-0.2, 0) is 0 Å². The topological polar surface area (TPSA) is 0 Å². The van der Waals surface area contributed by atoms with E-state index in [1.54, 1.807) is 0 Å². The van der Waals surface area contributed by atoms with Crippen LogP contribution in [0, 0.1) is 6.07 Å². The molecule has 0 aliphatic rings. The van der Waals surface area contributed by atoms with Crippen molar-refractivity contribution in [3.8, 4) is 0 Å². The summed E-state index contributed by atoms with van der Waals surface area (Å²) in [6.45, 7) is 14.3. The summed E-state index contributed by atoms with van der Waals surface area (Å²) in [6, 6.07) is 10.3. The van der Waals surface area contributed by atoms with Gasteiger partial charge in [-0.2, -0.15) is 0 Å². The van der Waals surface area contributed by atoms with Crippen molar-refractivity contribution >= 4 is 26.5 Å². The van der Waals surface area contributed by atoms with Gasteiger partial charge in [0.25, 0.3) is 0 Å². The lowest BCUT2D eigenvalue weighted by molar-refractivity contribution is 1.65. The van der Waals surface area contributed by atoms with Gasteiger partial charge in [0, 0.05) is 0 Å². The fourth-order valence-corrected chi connectivity index (χ4v) is 3.68. The van der Waals surface area contributed by atoms with Crippen LogP contribution in [0.4, 0.5) is 0 Å². The van der Waals surface area contributed by atoms with E-state index < -0.39 is 16.1 Å². The molecule has 0 amide bonds. The van der Waals surface area contributed by atoms with Gasteiger partial charge in [-0.3, -0.25) is 0 Å². The Bertz CT molecular complexity index is 287. The van der Waals surface area contributed by atoms with E-state index >= 15 is 0 Å². The van der Waals surface area contributed by atoms with Gasteiger partial charge in [-0.25, -0.2) is 0 Å². The lowest BCUT2D eigenvalue weighted by atomic mass is 10.4. The van der Waals surface area contributed by atoms with Crippen LogP contribution in [0.1, 0.15) is 0 Å². The smallest absolute Gasteiger partial charge is 0.0656 e. The molecule has 0 spiro atoms. The first-order valence-corrected chi connectivity index (χ1v) is 12.2. The Balaban J connectivity index is 3.15. The van der Waals surface area contributed by atoms with Gasteiger partial charge >= 0.3 is 0 Å². The maximum Gasteiger partial charge on any atom is 0.0784 e. The van der Waals surface area contributed by atoms with Crippen molar-refractivity contribution < 1.29 is 0 Å². The summed E-state index contributed by atoms with van der Waals surface area (Å²) in [7, 11) is -2.35. The van der Waals surface area contributed by atoms with E-state index in [4.69, 9.17) is 0 Å². The second-order valence-corrected chi connectivity index (χ2v) is 16.1. The summed E-state index contributed by atoms with van der Waals surface area (Å²) in [5.74, 6) is 0. The van der Waals surface area contributed by atoms with Crippen LogP contribution in [0.2, 0.25) is 39.3 Å². The molecule has 77 valence electrons. The van der Waals surface area contributed by atoms with Crippen LogP contribution >= 0.6 is 0 Å². The van der Waals surface area contributed by atoms with Gasteiger partial charge in [-0.05, 0) is 6.07 Å². The minimum absolute atomic E-state index is 1.18. The van der Waals surface area contributed by atoms with Gasteiger partial charge in [0.1, 0.15) is 0 Å². The third kappa shape index (κ3) is 2.82. The third-order valence-corrected chi connectivity index (χ3v) is 6.23. The highest BCUT2D eigenvalue weighted by Gasteiger charge is 2.21. The molecule has 1 aromatic carbocycles. The zero-order valence-corrected chi connectivity index (χ0v) is 12.2. The Hall–Kier alpha value is -0.346. The fourth-order valence-electron chi connectivity index (χ4n) is 1.34. The van der Waals surface area contributed by atoms with Crippen LogP contribution in [0.3, 0.4) is 0 Å². The van der Waals surface area contributed by atoms with Crippen LogP contribution in [0.5, 0.6) is 0 Å². The van der Waals surface area contributed by atoms with E-state index in [-0.39, 0.29) is 0 Å². The Labute approximate surface area is 90.4 Å². The maximum atomic E-state index is 3.65. The minimum Gasteiger partial charge on any atom is -0.0656 e. The standard InChI is InChI=1S/C12H21Si2/c1-13(2,3)11-8-7-9-12(10-11)14(4,5)6/h7-9H,1-6H3. The quantitative estimate of drug-likeness (QED) is 0.674. The number of hydrogen-bond donors (Lipinski definition) is 0. The molecule has 1 rings (SSSR count). The summed E-state index contributed by atoms with van der Waals surface area (Å²) in [5, 5.41) is 2.94. The second-order valence-electron chi connectivity index (χ2n) is 5.98. The highest BCUT2D eigenvalue weighted by Crippen LogP contribution is 2.04. The van der Waals surface area contributed by atoms with Crippen molar-refractivity contribution in [2.24, 2.45) is 0 Å². The molecule has 1 radical (unpaired) electrons. The Morgan fingerprint density at radius 2 is 1.14 bits per heavy atom. The third-order valence-electron chi connectivity index (χ3n) is 2.41. The molecule has 0 saturated heterocycles. The van der Waals surface area contributed by atoms with Crippen LogP contribution in [-0.4, -0.2) is 16.1 Å². The lowest BCUT2D eigenvalue weighted by Crippen LogP contribution is -2.45. The Morgan fingerprint density at radius 3 is 1.43 bits per heavy atom. The van der Waals surface area contributed by atoms with Crippen LogP contribution in [0.25, 0.3) is 0 Å². The molecule has 14 heavy (non-hydrogen) atoms. The van der Waals surface area contributed by atoms with E-state index in [2.05, 4.69) is 63.5 Å². The van der Waals surface area contributed by atoms with Crippen molar-refractivity contribution in [1.29, 1.82) is 0 Å². The van der Waals surface area contributed by atoms with Crippen molar-refractivity contribution in [3.63, 3.8) is 0 Å². The first-order chi connectivity index (χ1) is 6.21. The van der Waals surface area contributed by atoms with Crippen molar-refractivity contribution in [3.05, 3.63) is 24.3 Å². The summed E-state index contributed by atoms with van der Waals surface area (Å²) in [5.41, 5.74) is 0. The van der Waals surface area contributed by atoms with Gasteiger partial charge in [0.15, 0.2) is 0 Å². The van der Waals surface area contributed by atoms with Gasteiger partial charge < -0.3 is 0 Å². The zero-order chi connectivity index (χ0) is 11.0. The largest absolute Gasteiger partial charge is 0.0784 e. The monoisotopic (exact) mass is 221 g/mol. The Kier molecular flexibility index (Phi) is 3.07. The highest BCUT2D eigenvalue weighted by molar-refractivity contribution is 6.91. The molecule has 2 heteroatoms. The molecule has 0 nitrogen and oxygen atoms in total. The molecule has 0 unspecified atom stereocenters. The molecule has 0 heterocycles. The van der Waals surface area contributed by atoms with Crippen molar-refractivity contribution in [2.75, 3.05) is 0 Å². The van der Waals surface area contributed by atoms with E-state index in [0.717, 1.165) is 0 Å². The first kappa shape index (κ1) is 11.7. The average Bonchev–Trinajstić information content (AvgIpc) is 2.01. The molecule has 0 aromatic heterocycles. The predicted octanol–water partition coefficient (Wildman–Crippen LogP) is 2.58. The SMILES string of the molecule is C[Si](C)(C)c1[c]c([Si](C)(C)C)ccc1. The predicted molar refractivity (Wildman–Crippen MR) is 71.2 cm³/mol. The lowest BCUT2D eigenvalue weighted by Gasteiger charge is -2.21. The summed E-state index contributed by atoms with van der Waals surface area (Å²) in [4.78, 5) is 0. The number of hydrogen-bond acceptors (Lipinski definition) is 0. The summed E-state index contributed by atoms with van der Waals surface area (Å²) < 4.78 is 0. The molecular weight excluding hydrogens is 200 g/mol. The zero-order valence-electron chi connectivity index (χ0n) is 10.2. The number of benzene rings is 1. The Morgan fingerprint density at radius 1 is 0.786 bits per heavy atom. The molecule has 0 bridgehead atoms. The maximum absolute atomic E-state index is 3.65. The van der Waals surface area contributed by atoms with Crippen molar-refractivity contribution in [1.82, 2.24) is 0 Å². The average molecular weight is 221 g/mol. The summed E-state index contributed by atoms with van der Waals surface area (Å²) >= 11 is 0. The van der Waals surface area contributed by atoms with E-state index in [9.17, 15) is 0 Å². The highest BCUT2D eigenvalue weighted by atomic mass is 28.3. The molecule has 0 fully saturated rings. The van der Waals surface area contributed by atoms with E-state index in [1.807, 2.05) is 0 Å². The summed E-state index contributed by atoms with van der Waals surface area (Å²) in [6.07, 6.45) is 0. The van der Waals surface area contributed by atoms with Gasteiger partial charge in [-0.1, -0.05) is 67.9 Å². The van der Waals surface area contributed by atoms with Gasteiger partial charge in [0.2, 0.25) is 0 Å². The first-order valence-electron chi connectivity index (χ1n) is 5.24. The molecule has 1 aromatic rings. The van der Waals surface area contributed by atoms with E-state index in [0.29, 0.717) is 0 Å². The fraction of sp³-hybridized carbons (Fsp3) is 0.500. The van der Waals surface area contributed by atoms with Crippen LogP contribution < -0.4 is 10.4 Å². The van der Waals surface area contributed by atoms with Crippen LogP contribution in [0.15, 0.2) is 18.2 Å². The molecular formula is C12H21Si2. The van der Waals surface area contributed by atoms with Gasteiger partial charge in [-0.15, -0.1) is 0 Å². The molecule has 0 N–H and O–H groups in total. The minimum atomic E-state index is -1.18. The molecule has 0 aliphatic heterocycles.